The number of amides is 2. The Hall–Kier alpha value is -2.81. The Balaban J connectivity index is 2.20. The van der Waals surface area contributed by atoms with Crippen molar-refractivity contribution in [3.8, 4) is 0 Å². The van der Waals surface area contributed by atoms with Crippen LogP contribution in [0.3, 0.4) is 0 Å². The van der Waals surface area contributed by atoms with Gasteiger partial charge in [0.25, 0.3) is 0 Å². The van der Waals surface area contributed by atoms with Crippen molar-refractivity contribution in [3.63, 3.8) is 0 Å². The molecule has 25 heavy (non-hydrogen) atoms. The normalized spacial score (nSPS) is 17.3. The van der Waals surface area contributed by atoms with Crippen LogP contribution < -0.4 is 10.6 Å². The minimum Gasteiger partial charge on any atom is -0.480 e. The summed E-state index contributed by atoms with van der Waals surface area (Å²) in [7, 11) is 1.66. The fraction of sp³-hybridized carbons (Fsp3) is 0.375. The molecule has 0 spiro atoms. The molecular formula is C16H18FN3O5. The summed E-state index contributed by atoms with van der Waals surface area (Å²) in [6.45, 7) is -0.317. The maximum Gasteiger partial charge on any atom is 0.322 e. The number of carboxylic acids is 1. The Kier molecular flexibility index (Phi) is 5.81. The van der Waals surface area contributed by atoms with Crippen molar-refractivity contribution < 1.29 is 28.7 Å². The Bertz CT molecular complexity index is 722. The molecule has 1 aliphatic heterocycles. The number of piperidine rings is 1. The minimum absolute atomic E-state index is 0.0420. The van der Waals surface area contributed by atoms with Gasteiger partial charge in [-0.2, -0.15) is 0 Å². The third-order valence-corrected chi connectivity index (χ3v) is 3.95. The highest BCUT2D eigenvalue weighted by Gasteiger charge is 2.30. The van der Waals surface area contributed by atoms with Crippen LogP contribution >= 0.6 is 0 Å². The minimum atomic E-state index is -1.15. The van der Waals surface area contributed by atoms with Gasteiger partial charge in [0.2, 0.25) is 11.8 Å². The van der Waals surface area contributed by atoms with Gasteiger partial charge in [-0.25, -0.2) is 4.39 Å². The highest BCUT2D eigenvalue weighted by Crippen LogP contribution is 2.22. The zero-order valence-electron chi connectivity index (χ0n) is 13.5. The molecule has 1 fully saturated rings. The first kappa shape index (κ1) is 18.5. The second-order valence-electron chi connectivity index (χ2n) is 5.78. The number of carboxylic acid groups (broad SMARTS) is 1. The van der Waals surface area contributed by atoms with Gasteiger partial charge in [0.1, 0.15) is 18.6 Å². The maximum atomic E-state index is 13.9. The lowest BCUT2D eigenvalue weighted by atomic mass is 10.0. The highest BCUT2D eigenvalue weighted by atomic mass is 19.1. The SMILES string of the molecule is CN(Cc1cc(NCC(=O)O)c(F)cc1C=O)C1CCC(=O)NC1=O. The molecule has 0 saturated carbocycles. The molecule has 1 aliphatic rings. The van der Waals surface area contributed by atoms with Crippen LogP contribution in [0, 0.1) is 5.82 Å². The van der Waals surface area contributed by atoms with Crippen molar-refractivity contribution in [1.29, 1.82) is 0 Å². The van der Waals surface area contributed by atoms with E-state index in [1.165, 1.54) is 6.07 Å². The van der Waals surface area contributed by atoms with E-state index in [1.54, 1.807) is 11.9 Å². The number of imide groups is 1. The number of nitrogens with zero attached hydrogens (tertiary/aromatic N) is 1. The van der Waals surface area contributed by atoms with Gasteiger partial charge in [-0.3, -0.25) is 29.4 Å². The van der Waals surface area contributed by atoms with Gasteiger partial charge < -0.3 is 10.4 Å². The summed E-state index contributed by atoms with van der Waals surface area (Å²) < 4.78 is 13.9. The quantitative estimate of drug-likeness (QED) is 0.480. The van der Waals surface area contributed by atoms with Crippen LogP contribution in [0.25, 0.3) is 0 Å². The highest BCUT2D eigenvalue weighted by molar-refractivity contribution is 6.00. The number of carbonyl (C=O) groups excluding carboxylic acids is 3. The Morgan fingerprint density at radius 1 is 1.48 bits per heavy atom. The second-order valence-corrected chi connectivity index (χ2v) is 5.78. The van der Waals surface area contributed by atoms with Crippen LogP contribution in [-0.4, -0.2) is 53.7 Å². The first-order valence-corrected chi connectivity index (χ1v) is 7.59. The molecule has 9 heteroatoms. The van der Waals surface area contributed by atoms with E-state index in [0.29, 0.717) is 18.3 Å². The van der Waals surface area contributed by atoms with Crippen molar-refractivity contribution in [1.82, 2.24) is 10.2 Å². The largest absolute Gasteiger partial charge is 0.480 e. The summed E-state index contributed by atoms with van der Waals surface area (Å²) in [6.07, 6.45) is 1.07. The van der Waals surface area contributed by atoms with E-state index in [1.807, 2.05) is 0 Å². The molecule has 8 nitrogen and oxygen atoms in total. The molecule has 0 bridgehead atoms. The van der Waals surface area contributed by atoms with Crippen molar-refractivity contribution in [3.05, 3.63) is 29.1 Å². The lowest BCUT2D eigenvalue weighted by Gasteiger charge is -2.30. The fourth-order valence-electron chi connectivity index (χ4n) is 2.67. The Labute approximate surface area is 143 Å². The predicted octanol–water partition coefficient (Wildman–Crippen LogP) is 0.372. The average molecular weight is 351 g/mol. The number of likely N-dealkylation sites (N-methyl/N-ethyl adjacent to an activating group) is 1. The second kappa shape index (κ2) is 7.84. The summed E-state index contributed by atoms with van der Waals surface area (Å²) in [5.41, 5.74) is 0.508. The van der Waals surface area contributed by atoms with E-state index >= 15 is 0 Å². The molecule has 0 radical (unpaired) electrons. The first-order chi connectivity index (χ1) is 11.8. The van der Waals surface area contributed by atoms with E-state index in [2.05, 4.69) is 10.6 Å². The molecule has 1 saturated heterocycles. The smallest absolute Gasteiger partial charge is 0.322 e. The van der Waals surface area contributed by atoms with E-state index in [0.717, 1.165) is 6.07 Å². The van der Waals surface area contributed by atoms with E-state index in [4.69, 9.17) is 5.11 Å². The van der Waals surface area contributed by atoms with Gasteiger partial charge in [0, 0.05) is 18.5 Å². The van der Waals surface area contributed by atoms with Gasteiger partial charge in [0.05, 0.1) is 11.7 Å². The average Bonchev–Trinajstić information content (AvgIpc) is 2.54. The molecule has 0 aromatic heterocycles. The van der Waals surface area contributed by atoms with Crippen LogP contribution in [0.15, 0.2) is 12.1 Å². The molecular weight excluding hydrogens is 333 g/mol. The summed E-state index contributed by atoms with van der Waals surface area (Å²) >= 11 is 0. The summed E-state index contributed by atoms with van der Waals surface area (Å²) in [4.78, 5) is 46.6. The number of aliphatic carboxylic acids is 1. The van der Waals surface area contributed by atoms with Crippen LogP contribution in [-0.2, 0) is 20.9 Å². The number of anilines is 1. The number of benzene rings is 1. The molecule has 1 atom stereocenters. The number of rotatable bonds is 7. The van der Waals surface area contributed by atoms with Gasteiger partial charge in [0.15, 0.2) is 0 Å². The topological polar surface area (TPSA) is 116 Å². The molecule has 1 aromatic carbocycles. The van der Waals surface area contributed by atoms with Crippen LogP contribution in [0.4, 0.5) is 10.1 Å². The Morgan fingerprint density at radius 3 is 2.80 bits per heavy atom. The number of hydrogen-bond donors (Lipinski definition) is 3. The molecule has 134 valence electrons. The molecule has 1 aromatic rings. The third-order valence-electron chi connectivity index (χ3n) is 3.95. The van der Waals surface area contributed by atoms with Crippen LogP contribution in [0.1, 0.15) is 28.8 Å². The van der Waals surface area contributed by atoms with Gasteiger partial charge >= 0.3 is 5.97 Å². The fourth-order valence-corrected chi connectivity index (χ4v) is 2.67. The zero-order chi connectivity index (χ0) is 18.6. The number of nitrogens with one attached hydrogen (secondary N) is 2. The molecule has 1 unspecified atom stereocenters. The predicted molar refractivity (Wildman–Crippen MR) is 85.6 cm³/mol. The Morgan fingerprint density at radius 2 is 2.20 bits per heavy atom. The number of hydrogen-bond acceptors (Lipinski definition) is 6. The number of aldehydes is 1. The van der Waals surface area contributed by atoms with E-state index < -0.39 is 30.3 Å². The molecule has 0 aliphatic carbocycles. The van der Waals surface area contributed by atoms with Gasteiger partial charge in [-0.1, -0.05) is 0 Å². The van der Waals surface area contributed by atoms with E-state index in [9.17, 15) is 23.6 Å². The summed E-state index contributed by atoms with van der Waals surface area (Å²) in [5, 5.41) is 13.4. The molecule has 3 N–H and O–H groups in total. The first-order valence-electron chi connectivity index (χ1n) is 7.59. The lowest BCUT2D eigenvalue weighted by molar-refractivity contribution is -0.137. The van der Waals surface area contributed by atoms with Gasteiger partial charge in [-0.05, 0) is 31.2 Å². The monoisotopic (exact) mass is 351 g/mol. The molecule has 1 heterocycles. The van der Waals surface area contributed by atoms with Crippen LogP contribution in [0.2, 0.25) is 0 Å². The summed E-state index contributed by atoms with van der Waals surface area (Å²) in [6, 6.07) is 1.83. The van der Waals surface area contributed by atoms with Gasteiger partial charge in [-0.15, -0.1) is 0 Å². The lowest BCUT2D eigenvalue weighted by Crippen LogP contribution is -2.51. The zero-order valence-corrected chi connectivity index (χ0v) is 13.5. The van der Waals surface area contributed by atoms with Crippen molar-refractivity contribution in [2.24, 2.45) is 0 Å². The van der Waals surface area contributed by atoms with Crippen molar-refractivity contribution in [2.45, 2.75) is 25.4 Å². The third kappa shape index (κ3) is 4.60. The number of halogens is 1. The molecule has 2 amide bonds. The van der Waals surface area contributed by atoms with Crippen molar-refractivity contribution >= 4 is 29.8 Å². The standard InChI is InChI=1S/C16H18FN3O5/c1-20(13-2-3-14(22)19-16(13)25)7-9-5-12(18-6-15(23)24)11(17)4-10(9)8-21/h4-5,8,13,18H,2-3,6-7H2,1H3,(H,23,24)(H,19,22,25). The summed E-state index contributed by atoms with van der Waals surface area (Å²) in [5.74, 6) is -2.64. The van der Waals surface area contributed by atoms with E-state index in [-0.39, 0.29) is 30.1 Å². The number of carbonyl (C=O) groups is 4. The van der Waals surface area contributed by atoms with Crippen molar-refractivity contribution in [2.75, 3.05) is 18.9 Å². The maximum absolute atomic E-state index is 13.9. The van der Waals surface area contributed by atoms with Crippen LogP contribution in [0.5, 0.6) is 0 Å². The molecule has 2 rings (SSSR count).